The van der Waals surface area contributed by atoms with Gasteiger partial charge in [0.1, 0.15) is 0 Å². The first kappa shape index (κ1) is 11.7. The average molecular weight is 294 g/mol. The second-order valence-corrected chi connectivity index (χ2v) is 6.73. The van der Waals surface area contributed by atoms with E-state index in [1.807, 2.05) is 0 Å². The highest BCUT2D eigenvalue weighted by molar-refractivity contribution is 9.09. The third kappa shape index (κ3) is 2.58. The summed E-state index contributed by atoms with van der Waals surface area (Å²) in [4.78, 5) is 3.41. The molecule has 1 heterocycles. The molecule has 2 heteroatoms. The first-order valence-electron chi connectivity index (χ1n) is 6.73. The molecule has 0 radical (unpaired) electrons. The predicted molar refractivity (Wildman–Crippen MR) is 75.3 cm³/mol. The standard InChI is InChI=1S/C15H20BrN/c16-15-8-4-7-13-10-17(11-14(13)15)9-12-5-2-1-3-6-12/h1-3,5-6,13-15H,4,7-11H2. The van der Waals surface area contributed by atoms with Gasteiger partial charge in [0, 0.05) is 24.5 Å². The highest BCUT2D eigenvalue weighted by Crippen LogP contribution is 2.40. The van der Waals surface area contributed by atoms with Gasteiger partial charge in [-0.15, -0.1) is 0 Å². The van der Waals surface area contributed by atoms with Crippen LogP contribution < -0.4 is 0 Å². The Hall–Kier alpha value is -0.340. The topological polar surface area (TPSA) is 3.24 Å². The molecule has 1 nitrogen and oxygen atoms in total. The number of likely N-dealkylation sites (tertiary alicyclic amines) is 1. The van der Waals surface area contributed by atoms with Crippen molar-refractivity contribution in [2.75, 3.05) is 13.1 Å². The summed E-state index contributed by atoms with van der Waals surface area (Å²) in [6, 6.07) is 10.9. The van der Waals surface area contributed by atoms with Gasteiger partial charge >= 0.3 is 0 Å². The van der Waals surface area contributed by atoms with Crippen molar-refractivity contribution in [3.63, 3.8) is 0 Å². The Bertz CT molecular complexity index is 364. The van der Waals surface area contributed by atoms with Crippen LogP contribution in [-0.2, 0) is 6.54 Å². The Balaban J connectivity index is 1.64. The largest absolute Gasteiger partial charge is 0.298 e. The number of rotatable bonds is 2. The van der Waals surface area contributed by atoms with E-state index < -0.39 is 0 Å². The maximum Gasteiger partial charge on any atom is 0.0233 e. The van der Waals surface area contributed by atoms with E-state index in [0.717, 1.165) is 23.2 Å². The zero-order valence-corrected chi connectivity index (χ0v) is 11.8. The quantitative estimate of drug-likeness (QED) is 0.752. The van der Waals surface area contributed by atoms with Gasteiger partial charge in [0.05, 0.1) is 0 Å². The van der Waals surface area contributed by atoms with Crippen molar-refractivity contribution < 1.29 is 0 Å². The van der Waals surface area contributed by atoms with E-state index in [4.69, 9.17) is 0 Å². The first-order chi connectivity index (χ1) is 8.33. The fourth-order valence-corrected chi connectivity index (χ4v) is 4.39. The van der Waals surface area contributed by atoms with E-state index in [-0.39, 0.29) is 0 Å². The highest BCUT2D eigenvalue weighted by atomic mass is 79.9. The van der Waals surface area contributed by atoms with Gasteiger partial charge in [-0.1, -0.05) is 52.7 Å². The lowest BCUT2D eigenvalue weighted by Crippen LogP contribution is -2.27. The van der Waals surface area contributed by atoms with Gasteiger partial charge in [-0.05, 0) is 30.2 Å². The van der Waals surface area contributed by atoms with Crippen LogP contribution in [0, 0.1) is 11.8 Å². The molecule has 1 aliphatic heterocycles. The number of hydrogen-bond acceptors (Lipinski definition) is 1. The highest BCUT2D eigenvalue weighted by Gasteiger charge is 2.38. The van der Waals surface area contributed by atoms with Crippen molar-refractivity contribution in [1.82, 2.24) is 4.90 Å². The van der Waals surface area contributed by atoms with Gasteiger partial charge < -0.3 is 0 Å². The van der Waals surface area contributed by atoms with Crippen molar-refractivity contribution in [2.24, 2.45) is 11.8 Å². The summed E-state index contributed by atoms with van der Waals surface area (Å²) in [5.41, 5.74) is 1.46. The summed E-state index contributed by atoms with van der Waals surface area (Å²) in [5, 5.41) is 0. The molecule has 0 spiro atoms. The van der Waals surface area contributed by atoms with Crippen molar-refractivity contribution in [3.05, 3.63) is 35.9 Å². The zero-order chi connectivity index (χ0) is 11.7. The fourth-order valence-electron chi connectivity index (χ4n) is 3.46. The van der Waals surface area contributed by atoms with Crippen LogP contribution in [0.25, 0.3) is 0 Å². The number of hydrogen-bond donors (Lipinski definition) is 0. The molecule has 2 fully saturated rings. The molecule has 92 valence electrons. The molecule has 0 bridgehead atoms. The van der Waals surface area contributed by atoms with Gasteiger partial charge in [-0.3, -0.25) is 4.90 Å². The van der Waals surface area contributed by atoms with Crippen LogP contribution in [0.5, 0.6) is 0 Å². The molecule has 1 saturated carbocycles. The first-order valence-corrected chi connectivity index (χ1v) is 7.65. The predicted octanol–water partition coefficient (Wildman–Crippen LogP) is 3.68. The maximum atomic E-state index is 3.88. The summed E-state index contributed by atoms with van der Waals surface area (Å²) >= 11 is 3.88. The fraction of sp³-hybridized carbons (Fsp3) is 0.600. The van der Waals surface area contributed by atoms with Gasteiger partial charge in [0.15, 0.2) is 0 Å². The maximum absolute atomic E-state index is 3.88. The number of halogens is 1. The monoisotopic (exact) mass is 293 g/mol. The summed E-state index contributed by atoms with van der Waals surface area (Å²) in [7, 11) is 0. The Morgan fingerprint density at radius 3 is 2.71 bits per heavy atom. The second kappa shape index (κ2) is 5.11. The summed E-state index contributed by atoms with van der Waals surface area (Å²) in [6.45, 7) is 3.73. The minimum atomic E-state index is 0.766. The summed E-state index contributed by atoms with van der Waals surface area (Å²) in [6.07, 6.45) is 4.23. The molecule has 1 aromatic carbocycles. The number of nitrogens with zero attached hydrogens (tertiary/aromatic N) is 1. The molecule has 2 aliphatic rings. The van der Waals surface area contributed by atoms with E-state index in [2.05, 4.69) is 51.2 Å². The molecule has 17 heavy (non-hydrogen) atoms. The van der Waals surface area contributed by atoms with Crippen LogP contribution in [0.1, 0.15) is 24.8 Å². The van der Waals surface area contributed by atoms with Gasteiger partial charge in [0.25, 0.3) is 0 Å². The lowest BCUT2D eigenvalue weighted by atomic mass is 9.82. The smallest absolute Gasteiger partial charge is 0.0233 e. The van der Waals surface area contributed by atoms with Crippen molar-refractivity contribution in [3.8, 4) is 0 Å². The zero-order valence-electron chi connectivity index (χ0n) is 10.2. The van der Waals surface area contributed by atoms with Crippen molar-refractivity contribution >= 4 is 15.9 Å². The molecule has 0 N–H and O–H groups in total. The third-order valence-electron chi connectivity index (χ3n) is 4.34. The molecule has 3 rings (SSSR count). The van der Waals surface area contributed by atoms with Crippen LogP contribution in [-0.4, -0.2) is 22.8 Å². The molecule has 1 aromatic rings. The van der Waals surface area contributed by atoms with Crippen LogP contribution in [0.3, 0.4) is 0 Å². The molecular weight excluding hydrogens is 274 g/mol. The molecular formula is C15H20BrN. The molecule has 1 saturated heterocycles. The number of benzene rings is 1. The Morgan fingerprint density at radius 2 is 1.94 bits per heavy atom. The van der Waals surface area contributed by atoms with Crippen LogP contribution in [0.4, 0.5) is 0 Å². The number of fused-ring (bicyclic) bond motifs is 1. The van der Waals surface area contributed by atoms with Crippen LogP contribution in [0.15, 0.2) is 30.3 Å². The van der Waals surface area contributed by atoms with E-state index >= 15 is 0 Å². The van der Waals surface area contributed by atoms with Gasteiger partial charge in [-0.25, -0.2) is 0 Å². The van der Waals surface area contributed by atoms with E-state index in [0.29, 0.717) is 0 Å². The minimum absolute atomic E-state index is 0.766. The normalized spacial score (nSPS) is 33.6. The van der Waals surface area contributed by atoms with Crippen LogP contribution >= 0.6 is 15.9 Å². The Labute approximate surface area is 112 Å². The molecule has 0 aromatic heterocycles. The van der Waals surface area contributed by atoms with E-state index in [9.17, 15) is 0 Å². The molecule has 0 amide bonds. The van der Waals surface area contributed by atoms with Crippen molar-refractivity contribution in [2.45, 2.75) is 30.6 Å². The SMILES string of the molecule is BrC1CCCC2CN(Cc3ccccc3)CC12. The lowest BCUT2D eigenvalue weighted by Gasteiger charge is -2.28. The Morgan fingerprint density at radius 1 is 1.12 bits per heavy atom. The molecule has 3 unspecified atom stereocenters. The van der Waals surface area contributed by atoms with Crippen LogP contribution in [0.2, 0.25) is 0 Å². The minimum Gasteiger partial charge on any atom is -0.298 e. The number of alkyl halides is 1. The third-order valence-corrected chi connectivity index (χ3v) is 5.47. The molecule has 3 atom stereocenters. The average Bonchev–Trinajstić information content (AvgIpc) is 2.74. The second-order valence-electron chi connectivity index (χ2n) is 5.55. The van der Waals surface area contributed by atoms with E-state index in [1.54, 1.807) is 0 Å². The summed E-state index contributed by atoms with van der Waals surface area (Å²) < 4.78 is 0. The molecule has 1 aliphatic carbocycles. The summed E-state index contributed by atoms with van der Waals surface area (Å²) in [5.74, 6) is 1.84. The van der Waals surface area contributed by atoms with Gasteiger partial charge in [-0.2, -0.15) is 0 Å². The van der Waals surface area contributed by atoms with E-state index in [1.165, 1.54) is 37.9 Å². The van der Waals surface area contributed by atoms with Gasteiger partial charge in [0.2, 0.25) is 0 Å². The Kier molecular flexibility index (Phi) is 3.53. The van der Waals surface area contributed by atoms with Crippen molar-refractivity contribution in [1.29, 1.82) is 0 Å². The lowest BCUT2D eigenvalue weighted by molar-refractivity contribution is 0.311.